The molecule has 2 aliphatic rings. The van der Waals surface area contributed by atoms with E-state index < -0.39 is 0 Å². The van der Waals surface area contributed by atoms with Gasteiger partial charge in [0.15, 0.2) is 11.3 Å². The molecule has 5 nitrogen and oxygen atoms in total. The van der Waals surface area contributed by atoms with Gasteiger partial charge in [0, 0.05) is 10.4 Å². The molecule has 2 aromatic rings. The summed E-state index contributed by atoms with van der Waals surface area (Å²) < 4.78 is 6.94. The van der Waals surface area contributed by atoms with Gasteiger partial charge in [0.2, 0.25) is 0 Å². The van der Waals surface area contributed by atoms with Crippen LogP contribution in [0.25, 0.3) is 27.9 Å². The highest BCUT2D eigenvalue weighted by atomic mass is 35.5. The van der Waals surface area contributed by atoms with Gasteiger partial charge in [0.1, 0.15) is 17.0 Å². The van der Waals surface area contributed by atoms with E-state index in [1.165, 1.54) is 10.7 Å². The van der Waals surface area contributed by atoms with Crippen molar-refractivity contribution in [1.82, 2.24) is 9.78 Å². The summed E-state index contributed by atoms with van der Waals surface area (Å²) in [6.45, 7) is 1.68. The van der Waals surface area contributed by atoms with E-state index in [4.69, 9.17) is 16.0 Å². The first-order valence-electron chi connectivity index (χ1n) is 6.96. The monoisotopic (exact) mass is 326 g/mol. The van der Waals surface area contributed by atoms with Crippen LogP contribution in [0.1, 0.15) is 5.76 Å². The molecule has 6 heteroatoms. The molecule has 1 N–H and O–H groups in total. The Bertz CT molecular complexity index is 1060. The number of fused-ring (bicyclic) bond motifs is 3. The Labute approximate surface area is 135 Å². The molecule has 0 bridgehead atoms. The molecule has 0 radical (unpaired) electrons. The molecule has 0 atom stereocenters. The first-order valence-corrected chi connectivity index (χ1v) is 7.34. The highest BCUT2D eigenvalue weighted by molar-refractivity contribution is 6.30. The van der Waals surface area contributed by atoms with Crippen LogP contribution in [-0.2, 0) is 0 Å². The van der Waals surface area contributed by atoms with E-state index in [1.54, 1.807) is 43.3 Å². The van der Waals surface area contributed by atoms with Gasteiger partial charge in [-0.1, -0.05) is 17.7 Å². The zero-order chi connectivity index (χ0) is 16.1. The number of rotatable bonds is 1. The lowest BCUT2D eigenvalue weighted by Crippen LogP contribution is -2.14. The summed E-state index contributed by atoms with van der Waals surface area (Å²) in [5.41, 5.74) is 1.56. The van der Waals surface area contributed by atoms with Crippen LogP contribution in [0, 0.1) is 6.92 Å². The van der Waals surface area contributed by atoms with E-state index in [2.05, 4.69) is 5.10 Å². The Balaban J connectivity index is 2.11. The summed E-state index contributed by atoms with van der Waals surface area (Å²) in [4.78, 5) is 12.7. The van der Waals surface area contributed by atoms with Crippen molar-refractivity contribution in [3.63, 3.8) is 0 Å². The Morgan fingerprint density at radius 2 is 1.91 bits per heavy atom. The number of benzene rings is 2. The van der Waals surface area contributed by atoms with Crippen LogP contribution in [0.15, 0.2) is 51.7 Å². The minimum atomic E-state index is -0.270. The molecule has 0 unspecified atom stereocenters. The second kappa shape index (κ2) is 4.86. The molecule has 0 spiro atoms. The van der Waals surface area contributed by atoms with Gasteiger partial charge >= 0.3 is 0 Å². The Morgan fingerprint density at radius 1 is 1.17 bits per heavy atom. The number of hydrogen-bond donors (Lipinski definition) is 1. The van der Waals surface area contributed by atoms with Crippen molar-refractivity contribution in [2.24, 2.45) is 0 Å². The molecule has 0 saturated heterocycles. The average Bonchev–Trinajstić information content (AvgIpc) is 2.88. The Morgan fingerprint density at radius 3 is 2.65 bits per heavy atom. The minimum Gasteiger partial charge on any atom is -0.504 e. The predicted octanol–water partition coefficient (Wildman–Crippen LogP) is 3.75. The SMILES string of the molecule is Cc1oc2c(O)cccc2c2nn(-c3ccc(Cl)cc3)c(=O)c1-2. The molecule has 2 heterocycles. The van der Waals surface area contributed by atoms with E-state index in [0.717, 1.165) is 0 Å². The van der Waals surface area contributed by atoms with E-state index in [9.17, 15) is 9.90 Å². The topological polar surface area (TPSA) is 68.3 Å². The molecule has 114 valence electrons. The van der Waals surface area contributed by atoms with Gasteiger partial charge < -0.3 is 9.52 Å². The van der Waals surface area contributed by atoms with Gasteiger partial charge in [-0.2, -0.15) is 9.78 Å². The molecule has 0 fully saturated rings. The second-order valence-electron chi connectivity index (χ2n) is 5.23. The van der Waals surface area contributed by atoms with Crippen LogP contribution >= 0.6 is 11.6 Å². The molecule has 0 aromatic heterocycles. The van der Waals surface area contributed by atoms with E-state index in [0.29, 0.717) is 38.7 Å². The van der Waals surface area contributed by atoms with Crippen molar-refractivity contribution in [3.05, 3.63) is 63.6 Å². The lowest BCUT2D eigenvalue weighted by atomic mass is 10.1. The van der Waals surface area contributed by atoms with Crippen LogP contribution in [0.3, 0.4) is 0 Å². The van der Waals surface area contributed by atoms with Crippen LogP contribution in [0.5, 0.6) is 5.75 Å². The van der Waals surface area contributed by atoms with Crippen molar-refractivity contribution in [3.8, 4) is 22.7 Å². The van der Waals surface area contributed by atoms with E-state index in [1.807, 2.05) is 0 Å². The van der Waals surface area contributed by atoms with Crippen LogP contribution in [0.4, 0.5) is 0 Å². The summed E-state index contributed by atoms with van der Waals surface area (Å²) in [6, 6.07) is 11.8. The summed E-state index contributed by atoms with van der Waals surface area (Å²) in [5, 5.41) is 15.6. The standard InChI is InChI=1S/C17H11ClN2O3/c1-9-14-15(12-3-2-4-13(21)16(12)23-9)19-20(17(14)22)11-7-5-10(18)6-8-11/h2-8,21H,1H3. The fourth-order valence-electron chi connectivity index (χ4n) is 2.69. The quantitative estimate of drug-likeness (QED) is 0.578. The average molecular weight is 327 g/mol. The van der Waals surface area contributed by atoms with Crippen molar-refractivity contribution in [2.45, 2.75) is 6.92 Å². The van der Waals surface area contributed by atoms with Crippen LogP contribution in [-0.4, -0.2) is 14.9 Å². The maximum Gasteiger partial charge on any atom is 0.284 e. The smallest absolute Gasteiger partial charge is 0.284 e. The lowest BCUT2D eigenvalue weighted by Gasteiger charge is -2.05. The van der Waals surface area contributed by atoms with Crippen molar-refractivity contribution in [1.29, 1.82) is 0 Å². The second-order valence-corrected chi connectivity index (χ2v) is 5.67. The highest BCUT2D eigenvalue weighted by Crippen LogP contribution is 2.35. The summed E-state index contributed by atoms with van der Waals surface area (Å²) in [6.07, 6.45) is 0. The number of nitrogens with zero attached hydrogens (tertiary/aromatic N) is 2. The first-order chi connectivity index (χ1) is 11.1. The van der Waals surface area contributed by atoms with Crippen molar-refractivity contribution >= 4 is 22.6 Å². The Hall–Kier alpha value is -2.79. The first kappa shape index (κ1) is 13.8. The number of para-hydroxylation sites is 1. The number of aryl methyl sites for hydroxylation is 1. The number of phenolic OH excluding ortho intramolecular Hbond substituents is 1. The molecule has 2 aliphatic heterocycles. The van der Waals surface area contributed by atoms with Gasteiger partial charge in [-0.05, 0) is 43.3 Å². The minimum absolute atomic E-state index is 0.0148. The predicted molar refractivity (Wildman–Crippen MR) is 87.6 cm³/mol. The third kappa shape index (κ3) is 2.01. The summed E-state index contributed by atoms with van der Waals surface area (Å²) >= 11 is 5.89. The maximum atomic E-state index is 12.7. The molecular weight excluding hydrogens is 316 g/mol. The number of hydrogen-bond acceptors (Lipinski definition) is 4. The van der Waals surface area contributed by atoms with Crippen molar-refractivity contribution in [2.75, 3.05) is 0 Å². The summed E-state index contributed by atoms with van der Waals surface area (Å²) in [5.74, 6) is 0.431. The lowest BCUT2D eigenvalue weighted by molar-refractivity contribution is 0.458. The van der Waals surface area contributed by atoms with Gasteiger partial charge in [-0.3, -0.25) is 4.79 Å². The zero-order valence-corrected chi connectivity index (χ0v) is 12.8. The van der Waals surface area contributed by atoms with Gasteiger partial charge in [0.25, 0.3) is 5.56 Å². The number of halogens is 1. The molecule has 23 heavy (non-hydrogen) atoms. The molecule has 0 amide bonds. The van der Waals surface area contributed by atoms with Gasteiger partial charge in [-0.25, -0.2) is 0 Å². The highest BCUT2D eigenvalue weighted by Gasteiger charge is 2.24. The number of phenols is 1. The molecule has 2 aromatic carbocycles. The molecule has 0 aliphatic carbocycles. The van der Waals surface area contributed by atoms with E-state index >= 15 is 0 Å². The Kier molecular flexibility index (Phi) is 2.92. The summed E-state index contributed by atoms with van der Waals surface area (Å²) in [7, 11) is 0. The molecular formula is C17H11ClN2O3. The zero-order valence-electron chi connectivity index (χ0n) is 12.1. The molecule has 0 saturated carbocycles. The maximum absolute atomic E-state index is 12.7. The van der Waals surface area contributed by atoms with Gasteiger partial charge in [0.05, 0.1) is 5.69 Å². The fourth-order valence-corrected chi connectivity index (χ4v) is 2.81. The largest absolute Gasteiger partial charge is 0.504 e. The van der Waals surface area contributed by atoms with Crippen molar-refractivity contribution < 1.29 is 9.52 Å². The van der Waals surface area contributed by atoms with Crippen LogP contribution < -0.4 is 5.56 Å². The third-order valence-corrected chi connectivity index (χ3v) is 4.02. The fraction of sp³-hybridized carbons (Fsp3) is 0.0588. The van der Waals surface area contributed by atoms with Gasteiger partial charge in [-0.15, -0.1) is 0 Å². The normalized spacial score (nSPS) is 11.4. The molecule has 4 rings (SSSR count). The third-order valence-electron chi connectivity index (χ3n) is 3.77. The number of aromatic nitrogens is 2. The van der Waals surface area contributed by atoms with E-state index in [-0.39, 0.29) is 11.3 Å². The van der Waals surface area contributed by atoms with Crippen LogP contribution in [0.2, 0.25) is 5.02 Å². The number of aromatic hydroxyl groups is 1.